The van der Waals surface area contributed by atoms with Gasteiger partial charge in [0.05, 0.1) is 5.39 Å². The minimum Gasteiger partial charge on any atom is -0.324 e. The fraction of sp³-hybridized carbons (Fsp3) is 0. The van der Waals surface area contributed by atoms with Gasteiger partial charge in [-0.15, -0.1) is 0 Å². The van der Waals surface area contributed by atoms with Gasteiger partial charge >= 0.3 is 0 Å². The number of hydrogen-bond acceptors (Lipinski definition) is 4. The largest absolute Gasteiger partial charge is 0.324 e. The number of hydrogen-bond donors (Lipinski definition) is 1. The maximum atomic E-state index is 6.18. The Morgan fingerprint density at radius 2 is 1.95 bits per heavy atom. The Hall–Kier alpha value is -0.990. The zero-order chi connectivity index (χ0) is 13.2. The molecule has 0 fully saturated rings. The van der Waals surface area contributed by atoms with Crippen LogP contribution in [0.4, 0.5) is 11.6 Å². The normalized spacial score (nSPS) is 10.8. The summed E-state index contributed by atoms with van der Waals surface area (Å²) >= 11 is 8.38. The Labute approximate surface area is 131 Å². The van der Waals surface area contributed by atoms with E-state index in [2.05, 4.69) is 36.5 Å². The van der Waals surface area contributed by atoms with Crippen molar-refractivity contribution in [2.24, 2.45) is 0 Å². The van der Waals surface area contributed by atoms with E-state index in [4.69, 9.17) is 11.6 Å². The first-order valence-corrected chi connectivity index (χ1v) is 9.13. The summed E-state index contributed by atoms with van der Waals surface area (Å²) in [4.78, 5) is 8.76. The second-order valence-electron chi connectivity index (χ2n) is 3.78. The summed E-state index contributed by atoms with van der Waals surface area (Å²) in [6, 6.07) is 11.7. The first kappa shape index (κ1) is 13.0. The fourth-order valence-corrected chi connectivity index (χ4v) is 3.21. The highest BCUT2D eigenvalue weighted by Gasteiger charge is 2.10. The molecule has 0 spiro atoms. The Kier molecular flexibility index (Phi) is 3.81. The number of aromatic nitrogens is 3. The van der Waals surface area contributed by atoms with Gasteiger partial charge in [0.15, 0.2) is 5.65 Å². The Balaban J connectivity index is 2.05. The molecule has 2 aromatic heterocycles. The van der Waals surface area contributed by atoms with E-state index in [1.165, 1.54) is 9.12 Å². The Morgan fingerprint density at radius 1 is 1.16 bits per heavy atom. The van der Waals surface area contributed by atoms with Crippen LogP contribution in [0.25, 0.3) is 11.0 Å². The van der Waals surface area contributed by atoms with E-state index < -0.39 is 0 Å². The molecule has 3 aromatic rings. The average molecular weight is 403 g/mol. The van der Waals surface area contributed by atoms with Crippen LogP contribution in [0, 0.1) is 0 Å². The number of rotatable bonds is 3. The third-order valence-corrected chi connectivity index (χ3v) is 4.57. The van der Waals surface area contributed by atoms with Crippen molar-refractivity contribution in [3.05, 3.63) is 47.7 Å². The van der Waals surface area contributed by atoms with Crippen molar-refractivity contribution in [3.8, 4) is 0 Å². The lowest BCUT2D eigenvalue weighted by molar-refractivity contribution is 1.18. The van der Waals surface area contributed by atoms with Crippen LogP contribution in [0.3, 0.4) is 0 Å². The third kappa shape index (κ3) is 2.65. The Bertz CT molecular complexity index is 716. The predicted molar refractivity (Wildman–Crippen MR) is 89.3 cm³/mol. The van der Waals surface area contributed by atoms with E-state index in [-0.39, 0.29) is 0 Å². The molecule has 3 rings (SSSR count). The molecule has 0 saturated heterocycles. The molecule has 0 saturated carbocycles. The summed E-state index contributed by atoms with van der Waals surface area (Å²) in [5, 5.41) is 4.45. The summed E-state index contributed by atoms with van der Waals surface area (Å²) < 4.78 is 1.94. The van der Waals surface area contributed by atoms with Gasteiger partial charge in [0.2, 0.25) is 5.95 Å². The van der Waals surface area contributed by atoms with Crippen LogP contribution in [0.5, 0.6) is 0 Å². The van der Waals surface area contributed by atoms with E-state index in [9.17, 15) is 0 Å². The predicted octanol–water partition coefficient (Wildman–Crippen LogP) is 4.67. The highest BCUT2D eigenvalue weighted by atomic mass is 127. The van der Waals surface area contributed by atoms with Crippen molar-refractivity contribution >= 4 is 64.6 Å². The highest BCUT2D eigenvalue weighted by molar-refractivity contribution is 14.2. The molecule has 2 heterocycles. The number of para-hydroxylation sites is 1. The molecular formula is C12H8ClIN4S. The minimum absolute atomic E-state index is 0.452. The minimum atomic E-state index is 0.452. The first-order chi connectivity index (χ1) is 9.28. The van der Waals surface area contributed by atoms with E-state index in [0.29, 0.717) is 11.1 Å². The molecular weight excluding hydrogens is 395 g/mol. The van der Waals surface area contributed by atoms with Gasteiger partial charge < -0.3 is 5.32 Å². The fourth-order valence-electron chi connectivity index (χ4n) is 1.72. The number of halogens is 2. The Morgan fingerprint density at radius 3 is 2.68 bits per heavy atom. The van der Waals surface area contributed by atoms with Crippen LogP contribution >= 0.6 is 41.9 Å². The molecule has 0 bridgehead atoms. The van der Waals surface area contributed by atoms with Gasteiger partial charge in [0.25, 0.3) is 0 Å². The molecule has 0 amide bonds. The summed E-state index contributed by atoms with van der Waals surface area (Å²) in [5.74, 6) is 0.495. The van der Waals surface area contributed by atoms with Gasteiger partial charge in [-0.2, -0.15) is 4.98 Å². The van der Waals surface area contributed by atoms with E-state index in [1.54, 1.807) is 0 Å². The van der Waals surface area contributed by atoms with Crippen molar-refractivity contribution in [3.63, 3.8) is 0 Å². The molecule has 4 nitrogen and oxygen atoms in total. The average Bonchev–Trinajstić information content (AvgIpc) is 2.83. The molecule has 0 unspecified atom stereocenters. The molecule has 7 heteroatoms. The van der Waals surface area contributed by atoms with Crippen molar-refractivity contribution in [2.45, 2.75) is 0 Å². The monoisotopic (exact) mass is 402 g/mol. The highest BCUT2D eigenvalue weighted by Crippen LogP contribution is 2.28. The lowest BCUT2D eigenvalue weighted by Crippen LogP contribution is -1.98. The summed E-state index contributed by atoms with van der Waals surface area (Å²) in [5.41, 5.74) is 1.73. The second kappa shape index (κ2) is 5.56. The number of anilines is 2. The number of nitrogens with one attached hydrogen (secondary N) is 1. The number of benzene rings is 1. The van der Waals surface area contributed by atoms with Crippen LogP contribution < -0.4 is 5.32 Å². The third-order valence-electron chi connectivity index (χ3n) is 2.57. The zero-order valence-corrected chi connectivity index (χ0v) is 13.3. The SMILES string of the molecule is Clc1nc(Nc2ccccc2)nc2c1ccn2SI. The molecule has 1 aromatic carbocycles. The van der Waals surface area contributed by atoms with Gasteiger partial charge in [-0.1, -0.05) is 29.8 Å². The quantitative estimate of drug-likeness (QED) is 0.510. The molecule has 0 radical (unpaired) electrons. The van der Waals surface area contributed by atoms with Gasteiger partial charge in [0, 0.05) is 42.2 Å². The molecule has 1 N–H and O–H groups in total. The van der Waals surface area contributed by atoms with Gasteiger partial charge in [0.1, 0.15) is 5.15 Å². The van der Waals surface area contributed by atoms with Crippen molar-refractivity contribution < 1.29 is 0 Å². The lowest BCUT2D eigenvalue weighted by Gasteiger charge is -2.06. The van der Waals surface area contributed by atoms with E-state index in [1.807, 2.05) is 46.6 Å². The topological polar surface area (TPSA) is 42.7 Å². The molecule has 0 aliphatic rings. The number of nitrogens with zero attached hydrogens (tertiary/aromatic N) is 3. The summed E-state index contributed by atoms with van der Waals surface area (Å²) in [7, 11) is 1.54. The van der Waals surface area contributed by atoms with E-state index >= 15 is 0 Å². The van der Waals surface area contributed by atoms with Crippen molar-refractivity contribution in [1.29, 1.82) is 0 Å². The van der Waals surface area contributed by atoms with Gasteiger partial charge in [-0.05, 0) is 18.2 Å². The lowest BCUT2D eigenvalue weighted by atomic mass is 10.3. The van der Waals surface area contributed by atoms with Crippen LogP contribution in [-0.4, -0.2) is 13.9 Å². The van der Waals surface area contributed by atoms with Crippen LogP contribution in [0.15, 0.2) is 42.6 Å². The van der Waals surface area contributed by atoms with Gasteiger partial charge in [-0.25, -0.2) is 4.98 Å². The number of fused-ring (bicyclic) bond motifs is 1. The van der Waals surface area contributed by atoms with Crippen LogP contribution in [0.2, 0.25) is 5.15 Å². The first-order valence-electron chi connectivity index (χ1n) is 5.43. The zero-order valence-electron chi connectivity index (χ0n) is 9.55. The standard InChI is InChI=1S/C12H8ClIN4S/c13-10-9-6-7-18(19-14)11(9)17-12(16-10)15-8-4-2-1-3-5-8/h1-7H,(H,15,16,17). The molecule has 96 valence electrons. The van der Waals surface area contributed by atoms with Crippen molar-refractivity contribution in [2.75, 3.05) is 5.32 Å². The molecule has 19 heavy (non-hydrogen) atoms. The van der Waals surface area contributed by atoms with Gasteiger partial charge in [-0.3, -0.25) is 3.97 Å². The molecule has 0 aliphatic carbocycles. The van der Waals surface area contributed by atoms with Crippen LogP contribution in [-0.2, 0) is 0 Å². The van der Waals surface area contributed by atoms with E-state index in [0.717, 1.165) is 16.7 Å². The maximum Gasteiger partial charge on any atom is 0.230 e. The molecule has 0 atom stereocenters. The maximum absolute atomic E-state index is 6.18. The summed E-state index contributed by atoms with van der Waals surface area (Å²) in [6.45, 7) is 0. The summed E-state index contributed by atoms with van der Waals surface area (Å²) in [6.07, 6.45) is 1.93. The smallest absolute Gasteiger partial charge is 0.230 e. The second-order valence-corrected chi connectivity index (χ2v) is 5.85. The van der Waals surface area contributed by atoms with Crippen LogP contribution in [0.1, 0.15) is 0 Å². The molecule has 0 aliphatic heterocycles. The van der Waals surface area contributed by atoms with Crippen molar-refractivity contribution in [1.82, 2.24) is 13.9 Å².